The zero-order valence-electron chi connectivity index (χ0n) is 19.3. The van der Waals surface area contributed by atoms with Crippen molar-refractivity contribution in [2.75, 3.05) is 0 Å². The molecular formula is C25H35I2N5. The normalized spacial score (nSPS) is 10.3. The van der Waals surface area contributed by atoms with Gasteiger partial charge in [0.2, 0.25) is 0 Å². The standard InChI is InChI=1S/C25H35N5.2HI/c1-3-5-7-9-15-29-17-11-22(12-18-29)24-21-26-25(28-27-24)23-13-19-30(20-14-23)16-10-8-6-4-2;;/h11-14,17-21H,3-10,15-16H2,1-2H3;2*1H/q+2;;/p-2. The van der Waals surface area contributed by atoms with Gasteiger partial charge in [-0.15, -0.1) is 10.2 Å². The van der Waals surface area contributed by atoms with E-state index in [0.717, 1.165) is 29.9 Å². The summed E-state index contributed by atoms with van der Waals surface area (Å²) in [6.07, 6.45) is 20.5. The number of aromatic nitrogens is 5. The number of rotatable bonds is 12. The molecule has 174 valence electrons. The van der Waals surface area contributed by atoms with Gasteiger partial charge in [-0.3, -0.25) is 0 Å². The van der Waals surface area contributed by atoms with E-state index in [-0.39, 0.29) is 48.0 Å². The van der Waals surface area contributed by atoms with E-state index in [1.165, 1.54) is 51.4 Å². The summed E-state index contributed by atoms with van der Waals surface area (Å²) in [5, 5.41) is 8.76. The molecule has 0 aromatic carbocycles. The first-order valence-corrected chi connectivity index (χ1v) is 11.5. The molecule has 0 saturated heterocycles. The van der Waals surface area contributed by atoms with E-state index in [4.69, 9.17) is 0 Å². The van der Waals surface area contributed by atoms with E-state index in [2.05, 4.69) is 87.2 Å². The van der Waals surface area contributed by atoms with Crippen molar-refractivity contribution in [2.24, 2.45) is 0 Å². The lowest BCUT2D eigenvalue weighted by Crippen LogP contribution is -3.00. The van der Waals surface area contributed by atoms with E-state index in [0.29, 0.717) is 5.82 Å². The largest absolute Gasteiger partial charge is 1.00 e. The topological polar surface area (TPSA) is 46.4 Å². The summed E-state index contributed by atoms with van der Waals surface area (Å²) < 4.78 is 4.46. The molecule has 32 heavy (non-hydrogen) atoms. The minimum Gasteiger partial charge on any atom is -1.00 e. The first kappa shape index (κ1) is 28.8. The van der Waals surface area contributed by atoms with Crippen LogP contribution in [-0.2, 0) is 13.1 Å². The number of halogens is 2. The maximum Gasteiger partial charge on any atom is 0.182 e. The van der Waals surface area contributed by atoms with Gasteiger partial charge in [0.25, 0.3) is 0 Å². The number of hydrogen-bond acceptors (Lipinski definition) is 3. The molecule has 0 radical (unpaired) electrons. The summed E-state index contributed by atoms with van der Waals surface area (Å²) in [4.78, 5) is 4.54. The highest BCUT2D eigenvalue weighted by atomic mass is 127. The minimum absolute atomic E-state index is 0. The van der Waals surface area contributed by atoms with Gasteiger partial charge < -0.3 is 48.0 Å². The summed E-state index contributed by atoms with van der Waals surface area (Å²) in [7, 11) is 0. The van der Waals surface area contributed by atoms with Gasteiger partial charge in [-0.2, -0.15) is 0 Å². The highest BCUT2D eigenvalue weighted by molar-refractivity contribution is 5.58. The third-order valence-electron chi connectivity index (χ3n) is 5.44. The molecule has 3 aromatic heterocycles. The van der Waals surface area contributed by atoms with Crippen molar-refractivity contribution in [3.8, 4) is 22.6 Å². The summed E-state index contributed by atoms with van der Waals surface area (Å²) in [5.74, 6) is 0.666. The maximum atomic E-state index is 4.54. The van der Waals surface area contributed by atoms with Crippen molar-refractivity contribution < 1.29 is 57.1 Å². The molecule has 0 aliphatic heterocycles. The van der Waals surface area contributed by atoms with Gasteiger partial charge in [-0.25, -0.2) is 14.1 Å². The highest BCUT2D eigenvalue weighted by Crippen LogP contribution is 2.16. The zero-order chi connectivity index (χ0) is 21.0. The van der Waals surface area contributed by atoms with Gasteiger partial charge in [0, 0.05) is 48.2 Å². The average molecular weight is 659 g/mol. The van der Waals surface area contributed by atoms with Crippen LogP contribution in [0.4, 0.5) is 0 Å². The third kappa shape index (κ3) is 9.33. The van der Waals surface area contributed by atoms with E-state index < -0.39 is 0 Å². The molecule has 0 fully saturated rings. The van der Waals surface area contributed by atoms with Crippen LogP contribution in [0, 0.1) is 0 Å². The Hall–Kier alpha value is -1.23. The number of pyridine rings is 2. The van der Waals surface area contributed by atoms with Crippen LogP contribution in [-0.4, -0.2) is 15.2 Å². The van der Waals surface area contributed by atoms with E-state index in [1.807, 2.05) is 6.20 Å². The predicted octanol–water partition coefficient (Wildman–Crippen LogP) is -1.05. The molecule has 3 rings (SSSR count). The fraction of sp³-hybridized carbons (Fsp3) is 0.480. The molecule has 3 aromatic rings. The number of hydrogen-bond donors (Lipinski definition) is 0. The molecule has 5 nitrogen and oxygen atoms in total. The third-order valence-corrected chi connectivity index (χ3v) is 5.44. The van der Waals surface area contributed by atoms with Gasteiger partial charge >= 0.3 is 0 Å². The fourth-order valence-corrected chi connectivity index (χ4v) is 3.51. The monoisotopic (exact) mass is 659 g/mol. The van der Waals surface area contributed by atoms with E-state index in [1.54, 1.807) is 0 Å². The second kappa shape index (κ2) is 16.4. The van der Waals surface area contributed by atoms with Crippen LogP contribution in [0.2, 0.25) is 0 Å². The van der Waals surface area contributed by atoms with Crippen molar-refractivity contribution in [3.05, 3.63) is 55.2 Å². The van der Waals surface area contributed by atoms with Crippen LogP contribution in [0.3, 0.4) is 0 Å². The second-order valence-electron chi connectivity index (χ2n) is 7.94. The lowest BCUT2D eigenvalue weighted by atomic mass is 10.2. The highest BCUT2D eigenvalue weighted by Gasteiger charge is 2.09. The number of aryl methyl sites for hydroxylation is 2. The van der Waals surface area contributed by atoms with Crippen molar-refractivity contribution >= 4 is 0 Å². The Morgan fingerprint density at radius 1 is 0.625 bits per heavy atom. The Morgan fingerprint density at radius 2 is 1.12 bits per heavy atom. The first-order chi connectivity index (χ1) is 14.8. The lowest BCUT2D eigenvalue weighted by Gasteiger charge is -2.02. The molecule has 0 amide bonds. The molecule has 0 unspecified atom stereocenters. The molecule has 0 spiro atoms. The summed E-state index contributed by atoms with van der Waals surface area (Å²) in [6.45, 7) is 6.61. The molecule has 7 heteroatoms. The Labute approximate surface area is 227 Å². The van der Waals surface area contributed by atoms with E-state index in [9.17, 15) is 0 Å². The first-order valence-electron chi connectivity index (χ1n) is 11.5. The average Bonchev–Trinajstić information content (AvgIpc) is 2.81. The minimum atomic E-state index is 0. The summed E-state index contributed by atoms with van der Waals surface area (Å²) in [6, 6.07) is 8.32. The summed E-state index contributed by atoms with van der Waals surface area (Å²) >= 11 is 0. The second-order valence-corrected chi connectivity index (χ2v) is 7.94. The molecular weight excluding hydrogens is 624 g/mol. The SMILES string of the molecule is CCCCCC[n+]1ccc(-c2cnc(-c3cc[n+](CCCCCC)cc3)nn2)cc1.[I-].[I-]. The lowest BCUT2D eigenvalue weighted by molar-refractivity contribution is -0.697. The van der Waals surface area contributed by atoms with Gasteiger partial charge in [0.1, 0.15) is 18.8 Å². The van der Waals surface area contributed by atoms with Crippen LogP contribution < -0.4 is 57.1 Å². The van der Waals surface area contributed by atoms with Crippen LogP contribution in [0.15, 0.2) is 55.2 Å². The molecule has 0 N–H and O–H groups in total. The van der Waals surface area contributed by atoms with Gasteiger partial charge in [-0.05, 0) is 12.8 Å². The Balaban J connectivity index is 0.00000256. The maximum absolute atomic E-state index is 4.54. The molecule has 3 heterocycles. The van der Waals surface area contributed by atoms with Crippen molar-refractivity contribution in [3.63, 3.8) is 0 Å². The molecule has 0 saturated carbocycles. The Kier molecular flexibility index (Phi) is 14.8. The van der Waals surface area contributed by atoms with Crippen molar-refractivity contribution in [2.45, 2.75) is 78.3 Å². The predicted molar refractivity (Wildman–Crippen MR) is 119 cm³/mol. The van der Waals surface area contributed by atoms with Crippen molar-refractivity contribution in [1.82, 2.24) is 15.2 Å². The van der Waals surface area contributed by atoms with Crippen LogP contribution >= 0.6 is 0 Å². The summed E-state index contributed by atoms with van der Waals surface area (Å²) in [5.41, 5.74) is 2.85. The Bertz CT molecular complexity index is 794. The zero-order valence-corrected chi connectivity index (χ0v) is 23.6. The fourth-order valence-electron chi connectivity index (χ4n) is 3.51. The number of unbranched alkanes of at least 4 members (excludes halogenated alkanes) is 6. The van der Waals surface area contributed by atoms with Crippen LogP contribution in [0.1, 0.15) is 65.2 Å². The van der Waals surface area contributed by atoms with Crippen molar-refractivity contribution in [1.29, 1.82) is 0 Å². The van der Waals surface area contributed by atoms with Gasteiger partial charge in [0.15, 0.2) is 30.6 Å². The smallest absolute Gasteiger partial charge is 0.182 e. The Morgan fingerprint density at radius 3 is 1.56 bits per heavy atom. The quantitative estimate of drug-likeness (QED) is 0.142. The van der Waals surface area contributed by atoms with Gasteiger partial charge in [-0.1, -0.05) is 39.5 Å². The van der Waals surface area contributed by atoms with E-state index >= 15 is 0 Å². The van der Waals surface area contributed by atoms with Crippen LogP contribution in [0.25, 0.3) is 22.6 Å². The molecule has 0 atom stereocenters. The molecule has 0 aliphatic carbocycles. The van der Waals surface area contributed by atoms with Gasteiger partial charge in [0.05, 0.1) is 6.20 Å². The van der Waals surface area contributed by atoms with Crippen LogP contribution in [0.5, 0.6) is 0 Å². The molecule has 0 bridgehead atoms. The molecule has 0 aliphatic rings. The number of nitrogens with zero attached hydrogens (tertiary/aromatic N) is 5.